The number of hydrogen-bond acceptors (Lipinski definition) is 5. The van der Waals surface area contributed by atoms with E-state index in [4.69, 9.17) is 0 Å². The Bertz CT molecular complexity index is 530. The molecule has 0 radical (unpaired) electrons. The molecule has 1 aromatic heterocycles. The number of anilines is 1. The second-order valence-corrected chi connectivity index (χ2v) is 7.26. The van der Waals surface area contributed by atoms with Gasteiger partial charge in [0.25, 0.3) is 0 Å². The third-order valence-electron chi connectivity index (χ3n) is 5.24. The summed E-state index contributed by atoms with van der Waals surface area (Å²) >= 11 is 0. The average Bonchev–Trinajstić information content (AvgIpc) is 3.24. The molecule has 5 nitrogen and oxygen atoms in total. The van der Waals surface area contributed by atoms with Crippen LogP contribution in [-0.2, 0) is 0 Å². The average molecular weight is 303 g/mol. The molecule has 1 aliphatic carbocycles. The predicted molar refractivity (Wildman–Crippen MR) is 90.3 cm³/mol. The van der Waals surface area contributed by atoms with Crippen molar-refractivity contribution in [3.05, 3.63) is 17.1 Å². The Labute approximate surface area is 134 Å². The number of aromatic nitrogens is 2. The van der Waals surface area contributed by atoms with Crippen LogP contribution in [0.5, 0.6) is 0 Å². The summed E-state index contributed by atoms with van der Waals surface area (Å²) in [4.78, 5) is 14.1. The molecule has 2 aliphatic rings. The smallest absolute Gasteiger partial charge is 0.132 e. The van der Waals surface area contributed by atoms with Crippen molar-refractivity contribution in [1.29, 1.82) is 0 Å². The summed E-state index contributed by atoms with van der Waals surface area (Å²) in [6.45, 7) is 13.2. The van der Waals surface area contributed by atoms with Crippen LogP contribution in [0.25, 0.3) is 0 Å². The van der Waals surface area contributed by atoms with Gasteiger partial charge in [-0.2, -0.15) is 0 Å². The van der Waals surface area contributed by atoms with Gasteiger partial charge in [-0.1, -0.05) is 0 Å². The molecule has 0 spiro atoms. The van der Waals surface area contributed by atoms with E-state index in [1.165, 1.54) is 51.1 Å². The van der Waals surface area contributed by atoms with Gasteiger partial charge in [0.1, 0.15) is 11.6 Å². The molecule has 1 saturated carbocycles. The minimum atomic E-state index is 0.467. The van der Waals surface area contributed by atoms with Crippen LogP contribution in [-0.4, -0.2) is 66.1 Å². The van der Waals surface area contributed by atoms with E-state index in [1.807, 2.05) is 6.92 Å². The Morgan fingerprint density at radius 2 is 1.73 bits per heavy atom. The van der Waals surface area contributed by atoms with Crippen molar-refractivity contribution in [2.45, 2.75) is 33.6 Å². The van der Waals surface area contributed by atoms with Crippen LogP contribution in [0.3, 0.4) is 0 Å². The lowest BCUT2D eigenvalue weighted by atomic mass is 10.1. The normalized spacial score (nSPS) is 21.8. The van der Waals surface area contributed by atoms with Gasteiger partial charge in [0.15, 0.2) is 0 Å². The zero-order valence-electron chi connectivity index (χ0n) is 14.4. The molecule has 0 atom stereocenters. The quantitative estimate of drug-likeness (QED) is 0.899. The highest BCUT2D eigenvalue weighted by atomic mass is 15.3. The zero-order chi connectivity index (χ0) is 15.7. The first-order valence-corrected chi connectivity index (χ1v) is 8.44. The highest BCUT2D eigenvalue weighted by Gasteiger charge is 2.44. The SMILES string of the molecule is Cc1nc(C)c(C)c(NCC2(CN3CCN(C)CC3)CC2)n1. The minimum absolute atomic E-state index is 0.467. The van der Waals surface area contributed by atoms with Crippen molar-refractivity contribution in [1.82, 2.24) is 19.8 Å². The van der Waals surface area contributed by atoms with Crippen LogP contribution in [0.1, 0.15) is 29.9 Å². The molecular formula is C17H29N5. The molecule has 3 rings (SSSR count). The van der Waals surface area contributed by atoms with Gasteiger partial charge in [0.2, 0.25) is 0 Å². The van der Waals surface area contributed by atoms with Gasteiger partial charge in [0, 0.05) is 55.9 Å². The van der Waals surface area contributed by atoms with Crippen molar-refractivity contribution >= 4 is 5.82 Å². The standard InChI is InChI=1S/C17H29N5/c1-13-14(2)19-15(3)20-16(13)18-11-17(5-6-17)12-22-9-7-21(4)8-10-22/h5-12H2,1-4H3,(H,18,19,20). The molecule has 5 heteroatoms. The molecule has 1 N–H and O–H groups in total. The molecule has 1 saturated heterocycles. The highest BCUT2D eigenvalue weighted by Crippen LogP contribution is 2.46. The number of rotatable bonds is 5. The fourth-order valence-corrected chi connectivity index (χ4v) is 3.26. The first kappa shape index (κ1) is 15.7. The maximum Gasteiger partial charge on any atom is 0.132 e. The van der Waals surface area contributed by atoms with E-state index in [0.717, 1.165) is 23.9 Å². The number of likely N-dealkylation sites (N-methyl/N-ethyl adjacent to an activating group) is 1. The summed E-state index contributed by atoms with van der Waals surface area (Å²) in [7, 11) is 2.22. The summed E-state index contributed by atoms with van der Waals surface area (Å²) in [5.74, 6) is 1.88. The number of nitrogens with one attached hydrogen (secondary N) is 1. The molecular weight excluding hydrogens is 274 g/mol. The van der Waals surface area contributed by atoms with E-state index < -0.39 is 0 Å². The third-order valence-corrected chi connectivity index (χ3v) is 5.24. The highest BCUT2D eigenvalue weighted by molar-refractivity contribution is 5.45. The van der Waals surface area contributed by atoms with Gasteiger partial charge in [-0.3, -0.25) is 0 Å². The van der Waals surface area contributed by atoms with E-state index in [-0.39, 0.29) is 0 Å². The zero-order valence-corrected chi connectivity index (χ0v) is 14.4. The maximum absolute atomic E-state index is 4.58. The summed E-state index contributed by atoms with van der Waals surface area (Å²) in [6, 6.07) is 0. The van der Waals surface area contributed by atoms with Crippen LogP contribution in [0.4, 0.5) is 5.82 Å². The number of hydrogen-bond donors (Lipinski definition) is 1. The Hall–Kier alpha value is -1.20. The lowest BCUT2D eigenvalue weighted by Gasteiger charge is -2.35. The first-order chi connectivity index (χ1) is 10.5. The Kier molecular flexibility index (Phi) is 4.37. The van der Waals surface area contributed by atoms with Crippen molar-refractivity contribution in [2.24, 2.45) is 5.41 Å². The van der Waals surface area contributed by atoms with Crippen LogP contribution in [0.2, 0.25) is 0 Å². The monoisotopic (exact) mass is 303 g/mol. The van der Waals surface area contributed by atoms with E-state index in [9.17, 15) is 0 Å². The van der Waals surface area contributed by atoms with Crippen LogP contribution >= 0.6 is 0 Å². The fraction of sp³-hybridized carbons (Fsp3) is 0.765. The van der Waals surface area contributed by atoms with Crippen molar-refractivity contribution in [3.8, 4) is 0 Å². The molecule has 0 aromatic carbocycles. The lowest BCUT2D eigenvalue weighted by Crippen LogP contribution is -2.47. The Balaban J connectivity index is 1.57. The van der Waals surface area contributed by atoms with Crippen LogP contribution in [0, 0.1) is 26.2 Å². The second-order valence-electron chi connectivity index (χ2n) is 7.26. The van der Waals surface area contributed by atoms with E-state index >= 15 is 0 Å². The van der Waals surface area contributed by atoms with Crippen LogP contribution in [0.15, 0.2) is 0 Å². The molecule has 122 valence electrons. The van der Waals surface area contributed by atoms with E-state index in [0.29, 0.717) is 5.41 Å². The van der Waals surface area contributed by atoms with Gasteiger partial charge >= 0.3 is 0 Å². The lowest BCUT2D eigenvalue weighted by molar-refractivity contribution is 0.133. The molecule has 0 amide bonds. The maximum atomic E-state index is 4.58. The first-order valence-electron chi connectivity index (χ1n) is 8.44. The summed E-state index contributed by atoms with van der Waals surface area (Å²) in [6.07, 6.45) is 2.68. The number of nitrogens with zero attached hydrogens (tertiary/aromatic N) is 4. The summed E-state index contributed by atoms with van der Waals surface area (Å²) < 4.78 is 0. The molecule has 0 unspecified atom stereocenters. The second kappa shape index (κ2) is 6.13. The number of aryl methyl sites for hydroxylation is 2. The van der Waals surface area contributed by atoms with Gasteiger partial charge in [-0.25, -0.2) is 9.97 Å². The molecule has 0 bridgehead atoms. The number of piperazine rings is 1. The Morgan fingerprint density at radius 1 is 1.05 bits per heavy atom. The minimum Gasteiger partial charge on any atom is -0.369 e. The van der Waals surface area contributed by atoms with Gasteiger partial charge in [-0.05, 0) is 40.7 Å². The van der Waals surface area contributed by atoms with Gasteiger partial charge < -0.3 is 15.1 Å². The molecule has 2 heterocycles. The molecule has 22 heavy (non-hydrogen) atoms. The largest absolute Gasteiger partial charge is 0.369 e. The molecule has 2 fully saturated rings. The molecule has 1 aromatic rings. The topological polar surface area (TPSA) is 44.3 Å². The van der Waals surface area contributed by atoms with Crippen molar-refractivity contribution in [3.63, 3.8) is 0 Å². The van der Waals surface area contributed by atoms with E-state index in [1.54, 1.807) is 0 Å². The predicted octanol–water partition coefficient (Wildman–Crippen LogP) is 1.84. The van der Waals surface area contributed by atoms with E-state index in [2.05, 4.69) is 46.0 Å². The summed E-state index contributed by atoms with van der Waals surface area (Å²) in [5.41, 5.74) is 2.73. The van der Waals surface area contributed by atoms with Gasteiger partial charge in [0.05, 0.1) is 0 Å². The Morgan fingerprint density at radius 3 is 2.36 bits per heavy atom. The van der Waals surface area contributed by atoms with Crippen LogP contribution < -0.4 is 5.32 Å². The van der Waals surface area contributed by atoms with Gasteiger partial charge in [-0.15, -0.1) is 0 Å². The molecule has 1 aliphatic heterocycles. The van der Waals surface area contributed by atoms with Crippen molar-refractivity contribution < 1.29 is 0 Å². The third kappa shape index (κ3) is 3.58. The summed E-state index contributed by atoms with van der Waals surface area (Å²) in [5, 5.41) is 3.61. The van der Waals surface area contributed by atoms with Crippen molar-refractivity contribution in [2.75, 3.05) is 51.6 Å². The fourth-order valence-electron chi connectivity index (χ4n) is 3.26.